The lowest BCUT2D eigenvalue weighted by Gasteiger charge is -2.27. The molecule has 166 valence electrons. The van der Waals surface area contributed by atoms with Crippen molar-refractivity contribution in [3.8, 4) is 17.7 Å². The summed E-state index contributed by atoms with van der Waals surface area (Å²) in [6, 6.07) is 10.8. The molecule has 1 fully saturated rings. The second-order valence-electron chi connectivity index (χ2n) is 7.98. The molecule has 9 heteroatoms. The molecule has 2 heterocycles. The smallest absolute Gasteiger partial charge is 0.417 e. The molecule has 1 aliphatic rings. The summed E-state index contributed by atoms with van der Waals surface area (Å²) in [6.45, 7) is 0. The number of amides is 1. The maximum Gasteiger partial charge on any atom is 0.417 e. The number of carbonyl (C=O) groups excluding carboxylic acids is 1. The third-order valence-electron chi connectivity index (χ3n) is 6.03. The molecule has 9 nitrogen and oxygen atoms in total. The van der Waals surface area contributed by atoms with Crippen molar-refractivity contribution in [2.45, 2.75) is 38.1 Å². The lowest BCUT2D eigenvalue weighted by molar-refractivity contribution is -0.907. The molecule has 0 unspecified atom stereocenters. The summed E-state index contributed by atoms with van der Waals surface area (Å²) in [5, 5.41) is 27.5. The van der Waals surface area contributed by atoms with E-state index in [4.69, 9.17) is 19.8 Å². The van der Waals surface area contributed by atoms with Crippen LogP contribution in [0.25, 0.3) is 10.9 Å². The second kappa shape index (κ2) is 9.14. The summed E-state index contributed by atoms with van der Waals surface area (Å²) in [6.07, 6.45) is 6.65. The van der Waals surface area contributed by atoms with Crippen molar-refractivity contribution in [2.24, 2.45) is 5.92 Å². The maximum atomic E-state index is 12.8. The highest BCUT2D eigenvalue weighted by atomic mass is 16.5. The lowest BCUT2D eigenvalue weighted by Crippen LogP contribution is -2.40. The van der Waals surface area contributed by atoms with E-state index >= 15 is 0 Å². The van der Waals surface area contributed by atoms with Gasteiger partial charge in [-0.05, 0) is 43.7 Å². The minimum absolute atomic E-state index is 0.0244. The molecule has 32 heavy (non-hydrogen) atoms. The van der Waals surface area contributed by atoms with Crippen molar-refractivity contribution in [1.82, 2.24) is 9.78 Å². The van der Waals surface area contributed by atoms with Crippen LogP contribution in [0.2, 0.25) is 0 Å². The molecule has 2 N–H and O–H groups in total. The molecular weight excluding hydrogens is 410 g/mol. The van der Waals surface area contributed by atoms with Gasteiger partial charge < -0.3 is 14.8 Å². The van der Waals surface area contributed by atoms with Gasteiger partial charge in [0.1, 0.15) is 5.75 Å². The Labute approximate surface area is 185 Å². The van der Waals surface area contributed by atoms with Crippen molar-refractivity contribution in [3.05, 3.63) is 42.2 Å². The lowest BCUT2D eigenvalue weighted by atomic mass is 9.84. The molecule has 0 radical (unpaired) electrons. The van der Waals surface area contributed by atoms with Crippen LogP contribution in [-0.2, 0) is 0 Å². The fraction of sp³-hybridized carbons (Fsp3) is 0.391. The summed E-state index contributed by atoms with van der Waals surface area (Å²) >= 11 is 0. The van der Waals surface area contributed by atoms with Gasteiger partial charge in [-0.2, -0.15) is 10.4 Å². The van der Waals surface area contributed by atoms with Gasteiger partial charge in [0, 0.05) is 30.1 Å². The van der Waals surface area contributed by atoms with Gasteiger partial charge in [-0.15, -0.1) is 0 Å². The number of anilines is 1. The van der Waals surface area contributed by atoms with Gasteiger partial charge in [-0.25, -0.2) is 0 Å². The Morgan fingerprint density at radius 2 is 2.06 bits per heavy atom. The Hall–Kier alpha value is -3.80. The number of ether oxygens (including phenoxy) is 2. The summed E-state index contributed by atoms with van der Waals surface area (Å²) in [5.41, 5.74) is 1.28. The van der Waals surface area contributed by atoms with E-state index in [9.17, 15) is 10.0 Å². The number of carbonyl (C=O) groups is 1. The number of aromatic nitrogens is 3. The van der Waals surface area contributed by atoms with Crippen molar-refractivity contribution in [2.75, 3.05) is 19.5 Å². The second-order valence-corrected chi connectivity index (χ2v) is 7.98. The largest absolute Gasteiger partial charge is 0.494 e. The highest BCUT2D eigenvalue weighted by Gasteiger charge is 2.26. The van der Waals surface area contributed by atoms with E-state index in [0.717, 1.165) is 36.6 Å². The van der Waals surface area contributed by atoms with Crippen molar-refractivity contribution in [3.63, 3.8) is 0 Å². The predicted octanol–water partition coefficient (Wildman–Crippen LogP) is 3.48. The number of rotatable bonds is 6. The van der Waals surface area contributed by atoms with Crippen molar-refractivity contribution >= 4 is 22.5 Å². The van der Waals surface area contributed by atoms with Crippen molar-refractivity contribution < 1.29 is 24.2 Å². The number of hydrogen-bond acceptors (Lipinski definition) is 6. The van der Waals surface area contributed by atoms with E-state index in [-0.39, 0.29) is 11.6 Å². The van der Waals surface area contributed by atoms with Crippen LogP contribution < -0.4 is 19.5 Å². The van der Waals surface area contributed by atoms with Gasteiger partial charge in [-0.3, -0.25) is 14.7 Å². The fourth-order valence-electron chi connectivity index (χ4n) is 4.26. The molecule has 0 atom stereocenters. The van der Waals surface area contributed by atoms with Gasteiger partial charge >= 0.3 is 17.5 Å². The minimum atomic E-state index is -0.507. The third kappa shape index (κ3) is 4.17. The molecular formula is C23H26N5O4+. The van der Waals surface area contributed by atoms with Gasteiger partial charge in [0.15, 0.2) is 0 Å². The van der Waals surface area contributed by atoms with Crippen LogP contribution in [0, 0.1) is 17.2 Å². The number of pyridine rings is 1. The minimum Gasteiger partial charge on any atom is -0.494 e. The van der Waals surface area contributed by atoms with Crippen LogP contribution in [0.3, 0.4) is 0 Å². The number of fused-ring (bicyclic) bond motifs is 1. The number of nitrogens with one attached hydrogen (secondary N) is 1. The average molecular weight is 436 g/mol. The number of hydrogen-bond donors (Lipinski definition) is 2. The molecule has 1 aliphatic carbocycles. The molecule has 1 saturated carbocycles. The van der Waals surface area contributed by atoms with Gasteiger partial charge in [0.25, 0.3) is 0 Å². The first-order valence-electron chi connectivity index (χ1n) is 10.6. The van der Waals surface area contributed by atoms with Crippen molar-refractivity contribution in [1.29, 1.82) is 5.26 Å². The van der Waals surface area contributed by atoms with E-state index in [1.807, 2.05) is 16.9 Å². The van der Waals surface area contributed by atoms with Crippen LogP contribution >= 0.6 is 0 Å². The van der Waals surface area contributed by atoms with Crippen LogP contribution in [0.1, 0.15) is 48.6 Å². The number of benzene rings is 1. The molecule has 3 aromatic rings. The van der Waals surface area contributed by atoms with Crippen LogP contribution in [-0.4, -0.2) is 35.1 Å². The Morgan fingerprint density at radius 3 is 2.75 bits per heavy atom. The first-order valence-corrected chi connectivity index (χ1v) is 10.6. The van der Waals surface area contributed by atoms with E-state index in [2.05, 4.69) is 11.4 Å². The summed E-state index contributed by atoms with van der Waals surface area (Å²) < 4.78 is 13.2. The van der Waals surface area contributed by atoms with Gasteiger partial charge in [0.2, 0.25) is 0 Å². The number of nitriles is 1. The predicted molar refractivity (Wildman–Crippen MR) is 116 cm³/mol. The van der Waals surface area contributed by atoms with Crippen LogP contribution in [0.15, 0.2) is 36.5 Å². The Kier molecular flexibility index (Phi) is 6.12. The summed E-state index contributed by atoms with van der Waals surface area (Å²) in [4.78, 5) is 12.8. The van der Waals surface area contributed by atoms with Gasteiger partial charge in [0.05, 0.1) is 48.3 Å². The molecule has 1 amide bonds. The zero-order valence-electron chi connectivity index (χ0n) is 18.1. The average Bonchev–Trinajstić information content (AvgIpc) is 3.22. The monoisotopic (exact) mass is 436 g/mol. The fourth-order valence-corrected chi connectivity index (χ4v) is 4.26. The Balaban J connectivity index is 1.58. The van der Waals surface area contributed by atoms with E-state index in [1.165, 1.54) is 20.3 Å². The topological polar surface area (TPSA) is 113 Å². The van der Waals surface area contributed by atoms with E-state index in [1.54, 1.807) is 18.2 Å². The first-order chi connectivity index (χ1) is 15.5. The molecule has 0 aliphatic heterocycles. The van der Waals surface area contributed by atoms with E-state index in [0.29, 0.717) is 34.5 Å². The molecule has 0 bridgehead atoms. The zero-order chi connectivity index (χ0) is 22.7. The standard InChI is InChI=1S/C23H25N5O4/c1-31-21-13-18-16(14-27(26-18)17-8-6-15(7-9-17)10-11-24)12-19(21)25-23(29)20-4-3-5-22(32-2)28(20)30/h3-5,12-15,17H,6-10H2,1-2H3,(H-,25,29,30)/p+1/t15-,17-. The number of nitrogens with zero attached hydrogens (tertiary/aromatic N) is 4. The molecule has 2 aromatic heterocycles. The Morgan fingerprint density at radius 1 is 1.28 bits per heavy atom. The zero-order valence-corrected chi connectivity index (χ0v) is 18.1. The Bertz CT molecular complexity index is 1180. The summed E-state index contributed by atoms with van der Waals surface area (Å²) in [5.74, 6) is 0.591. The third-order valence-corrected chi connectivity index (χ3v) is 6.03. The molecule has 0 saturated heterocycles. The SMILES string of the molecule is COc1cc2nn([C@H]3CC[C@H](CC#N)CC3)cc2cc1NC(=O)c1cccc(OC)[n+]1O. The van der Waals surface area contributed by atoms with E-state index < -0.39 is 5.91 Å². The highest BCUT2D eigenvalue weighted by molar-refractivity contribution is 6.04. The highest BCUT2D eigenvalue weighted by Crippen LogP contribution is 2.35. The van der Waals surface area contributed by atoms with Gasteiger partial charge in [-0.1, -0.05) is 0 Å². The number of methoxy groups -OCH3 is 2. The molecule has 4 rings (SSSR count). The quantitative estimate of drug-likeness (QED) is 0.452. The van der Waals surface area contributed by atoms with Crippen LogP contribution in [0.4, 0.5) is 5.69 Å². The summed E-state index contributed by atoms with van der Waals surface area (Å²) in [7, 11) is 2.94. The van der Waals surface area contributed by atoms with Crippen LogP contribution in [0.5, 0.6) is 11.6 Å². The maximum absolute atomic E-state index is 12.8. The first kappa shape index (κ1) is 21.4. The molecule has 0 spiro atoms. The molecule has 1 aromatic carbocycles. The normalized spacial score (nSPS) is 18.2.